The van der Waals surface area contributed by atoms with E-state index in [0.717, 1.165) is 5.56 Å². The summed E-state index contributed by atoms with van der Waals surface area (Å²) in [4.78, 5) is 14.1. The van der Waals surface area contributed by atoms with E-state index in [1.54, 1.807) is 4.90 Å². The fourth-order valence-electron chi connectivity index (χ4n) is 2.37. The molecule has 0 radical (unpaired) electrons. The maximum absolute atomic E-state index is 12.3. The Balaban J connectivity index is 1.94. The molecule has 0 aliphatic carbocycles. The molecule has 1 aromatic rings. The fourth-order valence-corrected chi connectivity index (χ4v) is 2.37. The molecule has 2 N–H and O–H groups in total. The summed E-state index contributed by atoms with van der Waals surface area (Å²) in [6, 6.07) is 9.11. The maximum Gasteiger partial charge on any atom is 0.239 e. The number of carbonyl (C=O) groups excluding carboxylic acids is 1. The summed E-state index contributed by atoms with van der Waals surface area (Å²) in [6.07, 6.45) is 0. The highest BCUT2D eigenvalue weighted by atomic mass is 16.5. The molecule has 0 saturated carbocycles. The predicted octanol–water partition coefficient (Wildman–Crippen LogP) is 0.557. The molecular formula is C15H22N2O3. The first-order chi connectivity index (χ1) is 9.72. The van der Waals surface area contributed by atoms with Crippen LogP contribution in [-0.2, 0) is 9.53 Å². The molecule has 0 spiro atoms. The molecule has 1 heterocycles. The highest BCUT2D eigenvalue weighted by molar-refractivity contribution is 5.81. The second kappa shape index (κ2) is 7.38. The molecule has 2 rings (SSSR count). The molecule has 5 nitrogen and oxygen atoms in total. The number of amides is 1. The van der Waals surface area contributed by atoms with Crippen LogP contribution >= 0.6 is 0 Å². The van der Waals surface area contributed by atoms with Gasteiger partial charge >= 0.3 is 0 Å². The third kappa shape index (κ3) is 3.79. The molecule has 1 aliphatic heterocycles. The molecule has 1 amide bonds. The number of nitrogens with zero attached hydrogens (tertiary/aromatic N) is 1. The van der Waals surface area contributed by atoms with Crippen molar-refractivity contribution in [2.45, 2.75) is 19.0 Å². The summed E-state index contributed by atoms with van der Waals surface area (Å²) in [5, 5.41) is 12.7. The van der Waals surface area contributed by atoms with Gasteiger partial charge in [-0.05, 0) is 12.5 Å². The Hall–Kier alpha value is -1.43. The van der Waals surface area contributed by atoms with Crippen molar-refractivity contribution in [1.29, 1.82) is 0 Å². The molecule has 1 saturated heterocycles. The lowest BCUT2D eigenvalue weighted by atomic mass is 10.1. The van der Waals surface area contributed by atoms with Gasteiger partial charge in [-0.2, -0.15) is 0 Å². The van der Waals surface area contributed by atoms with Crippen molar-refractivity contribution in [3.63, 3.8) is 0 Å². The van der Waals surface area contributed by atoms with Crippen LogP contribution < -0.4 is 5.32 Å². The summed E-state index contributed by atoms with van der Waals surface area (Å²) in [5.74, 6) is 0.0580. The minimum absolute atomic E-state index is 0.0370. The summed E-state index contributed by atoms with van der Waals surface area (Å²) < 4.78 is 5.25. The van der Waals surface area contributed by atoms with Gasteiger partial charge in [0.1, 0.15) is 0 Å². The van der Waals surface area contributed by atoms with Crippen LogP contribution in [0, 0.1) is 0 Å². The number of aliphatic hydroxyl groups excluding tert-OH is 1. The van der Waals surface area contributed by atoms with Crippen LogP contribution in [0.5, 0.6) is 0 Å². The van der Waals surface area contributed by atoms with Crippen molar-refractivity contribution in [2.75, 3.05) is 32.9 Å². The highest BCUT2D eigenvalue weighted by Gasteiger charge is 2.24. The average molecular weight is 278 g/mol. The van der Waals surface area contributed by atoms with Crippen molar-refractivity contribution in [3.8, 4) is 0 Å². The summed E-state index contributed by atoms with van der Waals surface area (Å²) in [6.45, 7) is 4.27. The average Bonchev–Trinajstić information content (AvgIpc) is 2.53. The monoisotopic (exact) mass is 278 g/mol. The molecule has 0 bridgehead atoms. The third-order valence-corrected chi connectivity index (χ3v) is 3.53. The van der Waals surface area contributed by atoms with Crippen molar-refractivity contribution in [3.05, 3.63) is 35.9 Å². The highest BCUT2D eigenvalue weighted by Crippen LogP contribution is 2.13. The molecule has 1 aliphatic rings. The van der Waals surface area contributed by atoms with E-state index >= 15 is 0 Å². The first-order valence-electron chi connectivity index (χ1n) is 7.00. The lowest BCUT2D eigenvalue weighted by Gasteiger charge is -2.31. The smallest absolute Gasteiger partial charge is 0.239 e. The van der Waals surface area contributed by atoms with Gasteiger partial charge in [0.05, 0.1) is 31.9 Å². The second-order valence-corrected chi connectivity index (χ2v) is 4.97. The number of nitrogens with one attached hydrogen (secondary N) is 1. The first-order valence-corrected chi connectivity index (χ1v) is 7.00. The van der Waals surface area contributed by atoms with Crippen LogP contribution in [0.3, 0.4) is 0 Å². The Bertz CT molecular complexity index is 418. The minimum atomic E-state index is -0.328. The van der Waals surface area contributed by atoms with Crippen molar-refractivity contribution < 1.29 is 14.6 Å². The van der Waals surface area contributed by atoms with E-state index in [9.17, 15) is 9.90 Å². The van der Waals surface area contributed by atoms with Crippen LogP contribution in [0.4, 0.5) is 0 Å². The zero-order valence-corrected chi connectivity index (χ0v) is 11.8. The van der Waals surface area contributed by atoms with Crippen molar-refractivity contribution in [1.82, 2.24) is 10.2 Å². The molecule has 20 heavy (non-hydrogen) atoms. The number of morpholine rings is 1. The van der Waals surface area contributed by atoms with Crippen LogP contribution in [0.25, 0.3) is 0 Å². The topological polar surface area (TPSA) is 61.8 Å². The van der Waals surface area contributed by atoms with Gasteiger partial charge in [-0.25, -0.2) is 0 Å². The third-order valence-electron chi connectivity index (χ3n) is 3.53. The van der Waals surface area contributed by atoms with Gasteiger partial charge < -0.3 is 14.7 Å². The Morgan fingerprint density at radius 2 is 2.00 bits per heavy atom. The Morgan fingerprint density at radius 1 is 1.35 bits per heavy atom. The molecule has 2 atom stereocenters. The molecule has 1 fully saturated rings. The number of benzene rings is 1. The first kappa shape index (κ1) is 15.0. The van der Waals surface area contributed by atoms with Gasteiger partial charge in [-0.1, -0.05) is 30.3 Å². The minimum Gasteiger partial charge on any atom is -0.394 e. The Kier molecular flexibility index (Phi) is 5.52. The summed E-state index contributed by atoms with van der Waals surface area (Å²) in [5.41, 5.74) is 0.983. The largest absolute Gasteiger partial charge is 0.394 e. The molecule has 110 valence electrons. The quantitative estimate of drug-likeness (QED) is 0.826. The van der Waals surface area contributed by atoms with Crippen molar-refractivity contribution >= 4 is 5.91 Å². The number of aliphatic hydroxyl groups is 1. The second-order valence-electron chi connectivity index (χ2n) is 4.97. The molecule has 5 heteroatoms. The van der Waals surface area contributed by atoms with E-state index in [0.29, 0.717) is 26.3 Å². The number of ether oxygens (including phenoxy) is 1. The number of hydrogen-bond donors (Lipinski definition) is 2. The van der Waals surface area contributed by atoms with Gasteiger partial charge in [0.25, 0.3) is 0 Å². The summed E-state index contributed by atoms with van der Waals surface area (Å²) >= 11 is 0. The lowest BCUT2D eigenvalue weighted by Crippen LogP contribution is -2.50. The van der Waals surface area contributed by atoms with Gasteiger partial charge in [-0.3, -0.25) is 10.1 Å². The normalized spacial score (nSPS) is 18.6. The van der Waals surface area contributed by atoms with Gasteiger partial charge in [0.15, 0.2) is 0 Å². The van der Waals surface area contributed by atoms with E-state index in [-0.39, 0.29) is 24.6 Å². The number of hydrogen-bond acceptors (Lipinski definition) is 4. The zero-order chi connectivity index (χ0) is 14.4. The van der Waals surface area contributed by atoms with E-state index < -0.39 is 0 Å². The molecule has 1 aromatic carbocycles. The van der Waals surface area contributed by atoms with E-state index in [1.165, 1.54) is 0 Å². The van der Waals surface area contributed by atoms with E-state index in [4.69, 9.17) is 4.74 Å². The number of carbonyl (C=O) groups is 1. The van der Waals surface area contributed by atoms with Crippen LogP contribution in [0.2, 0.25) is 0 Å². The Morgan fingerprint density at radius 3 is 2.60 bits per heavy atom. The van der Waals surface area contributed by atoms with Crippen LogP contribution in [0.1, 0.15) is 18.5 Å². The number of rotatable bonds is 5. The summed E-state index contributed by atoms with van der Waals surface area (Å²) in [7, 11) is 0. The predicted molar refractivity (Wildman–Crippen MR) is 76.3 cm³/mol. The zero-order valence-electron chi connectivity index (χ0n) is 11.8. The van der Waals surface area contributed by atoms with Crippen LogP contribution in [0.15, 0.2) is 30.3 Å². The lowest BCUT2D eigenvalue weighted by molar-refractivity contribution is -0.137. The SMILES string of the molecule is CC(NC(CO)c1ccccc1)C(=O)N1CCOCC1. The molecule has 2 unspecified atom stereocenters. The maximum atomic E-state index is 12.3. The van der Waals surface area contributed by atoms with E-state index in [2.05, 4.69) is 5.32 Å². The van der Waals surface area contributed by atoms with Crippen molar-refractivity contribution in [2.24, 2.45) is 0 Å². The van der Waals surface area contributed by atoms with E-state index in [1.807, 2.05) is 37.3 Å². The van der Waals surface area contributed by atoms with Crippen LogP contribution in [-0.4, -0.2) is 54.9 Å². The Labute approximate surface area is 119 Å². The van der Waals surface area contributed by atoms with Gasteiger partial charge in [0.2, 0.25) is 5.91 Å². The van der Waals surface area contributed by atoms with Gasteiger partial charge in [-0.15, -0.1) is 0 Å². The van der Waals surface area contributed by atoms with Gasteiger partial charge in [0, 0.05) is 13.1 Å². The molecule has 0 aromatic heterocycles. The fraction of sp³-hybridized carbons (Fsp3) is 0.533. The molecular weight excluding hydrogens is 256 g/mol. The standard InChI is InChI=1S/C15H22N2O3/c1-12(15(19)17-7-9-20-10-8-17)16-14(11-18)13-5-3-2-4-6-13/h2-6,12,14,16,18H,7-11H2,1H3.